The van der Waals surface area contributed by atoms with Gasteiger partial charge in [0.2, 0.25) is 0 Å². The number of aromatic amines is 2. The molecule has 0 amide bonds. The van der Waals surface area contributed by atoms with Gasteiger partial charge in [0.15, 0.2) is 11.6 Å². The zero-order valence-corrected chi connectivity index (χ0v) is 20.6. The van der Waals surface area contributed by atoms with Crippen molar-refractivity contribution in [3.8, 4) is 22.6 Å². The molecule has 5 heterocycles. The van der Waals surface area contributed by atoms with Gasteiger partial charge in [0.1, 0.15) is 17.4 Å². The molecule has 1 atom stereocenters. The van der Waals surface area contributed by atoms with Gasteiger partial charge in [-0.25, -0.2) is 9.97 Å². The largest absolute Gasteiger partial charge is 0.374 e. The van der Waals surface area contributed by atoms with E-state index < -0.39 is 6.23 Å². The van der Waals surface area contributed by atoms with E-state index in [0.29, 0.717) is 11.7 Å². The molecule has 37 heavy (non-hydrogen) atoms. The zero-order chi connectivity index (χ0) is 24.9. The van der Waals surface area contributed by atoms with Gasteiger partial charge in [-0.3, -0.25) is 10.1 Å². The number of hydrogen-bond acceptors (Lipinski definition) is 8. The van der Waals surface area contributed by atoms with Gasteiger partial charge >= 0.3 is 0 Å². The van der Waals surface area contributed by atoms with Crippen molar-refractivity contribution in [1.82, 2.24) is 35.0 Å². The van der Waals surface area contributed by atoms with Crippen molar-refractivity contribution >= 4 is 33.4 Å². The second-order valence-electron chi connectivity index (χ2n) is 10.1. The predicted molar refractivity (Wildman–Crippen MR) is 144 cm³/mol. The third-order valence-electron chi connectivity index (χ3n) is 7.43. The van der Waals surface area contributed by atoms with E-state index in [-0.39, 0.29) is 0 Å². The Labute approximate surface area is 213 Å². The average Bonchev–Trinajstić information content (AvgIpc) is 3.55. The summed E-state index contributed by atoms with van der Waals surface area (Å²) >= 11 is 0. The van der Waals surface area contributed by atoms with Crippen molar-refractivity contribution in [1.29, 1.82) is 0 Å². The van der Waals surface area contributed by atoms with Crippen LogP contribution in [0.1, 0.15) is 12.8 Å². The van der Waals surface area contributed by atoms with Crippen LogP contribution in [0, 0.1) is 5.92 Å². The fourth-order valence-corrected chi connectivity index (χ4v) is 5.03. The number of nitrogens with one attached hydrogen (secondary N) is 3. The number of imidazole rings is 1. The third-order valence-corrected chi connectivity index (χ3v) is 7.43. The summed E-state index contributed by atoms with van der Waals surface area (Å²) in [6, 6.07) is 10.2. The lowest BCUT2D eigenvalue weighted by Crippen LogP contribution is -2.44. The maximum absolute atomic E-state index is 10.3. The molecule has 4 N–H and O–H groups in total. The molecular weight excluding hydrogens is 466 g/mol. The molecule has 4 aromatic heterocycles. The van der Waals surface area contributed by atoms with Crippen molar-refractivity contribution in [2.24, 2.45) is 5.92 Å². The number of aliphatic hydroxyl groups excluding tert-OH is 1. The van der Waals surface area contributed by atoms with Crippen LogP contribution in [-0.2, 0) is 0 Å². The number of piperazine rings is 1. The van der Waals surface area contributed by atoms with Crippen LogP contribution < -0.4 is 10.2 Å². The Morgan fingerprint density at radius 2 is 1.89 bits per heavy atom. The van der Waals surface area contributed by atoms with Crippen LogP contribution in [0.2, 0.25) is 0 Å². The van der Waals surface area contributed by atoms with Crippen LogP contribution in [-0.4, -0.2) is 79.6 Å². The summed E-state index contributed by atoms with van der Waals surface area (Å²) in [6.45, 7) is 3.87. The summed E-state index contributed by atoms with van der Waals surface area (Å²) in [5.41, 5.74) is 6.31. The number of benzene rings is 1. The van der Waals surface area contributed by atoms with Crippen LogP contribution in [0.15, 0.2) is 48.9 Å². The average molecular weight is 496 g/mol. The monoisotopic (exact) mass is 495 g/mol. The number of anilines is 2. The van der Waals surface area contributed by atoms with E-state index in [1.54, 1.807) is 6.20 Å². The number of nitrogens with zero attached hydrogens (tertiary/aromatic N) is 6. The van der Waals surface area contributed by atoms with Crippen molar-refractivity contribution in [2.75, 3.05) is 43.4 Å². The van der Waals surface area contributed by atoms with Crippen LogP contribution >= 0.6 is 0 Å². The highest BCUT2D eigenvalue weighted by Gasteiger charge is 2.29. The molecule has 1 unspecified atom stereocenters. The highest BCUT2D eigenvalue weighted by molar-refractivity contribution is 5.97. The summed E-state index contributed by atoms with van der Waals surface area (Å²) in [7, 11) is 2.15. The van der Waals surface area contributed by atoms with Crippen molar-refractivity contribution in [3.05, 3.63) is 48.9 Å². The van der Waals surface area contributed by atoms with Crippen LogP contribution in [0.4, 0.5) is 11.5 Å². The lowest BCUT2D eigenvalue weighted by molar-refractivity contribution is 0.180. The van der Waals surface area contributed by atoms with Crippen LogP contribution in [0.5, 0.6) is 0 Å². The standard InChI is InChI=1S/C27H29N9O/c1-35-8-10-36(11-9-35)26-24-22(6-7-29-26)31-25(32-24)23-20-13-17(4-5-21(20)33-34-23)18-12-19(15-28-14-18)30-27(37)16-2-3-16/h4-7,12-16,27,30,37H,2-3,8-11H2,1H3,(H,31,32)(H,33,34). The minimum Gasteiger partial charge on any atom is -0.374 e. The second-order valence-corrected chi connectivity index (χ2v) is 10.1. The van der Waals surface area contributed by atoms with Crippen LogP contribution in [0.25, 0.3) is 44.6 Å². The fourth-order valence-electron chi connectivity index (χ4n) is 5.03. The number of pyridine rings is 2. The Bertz CT molecular complexity index is 1580. The maximum Gasteiger partial charge on any atom is 0.159 e. The smallest absolute Gasteiger partial charge is 0.159 e. The molecule has 7 rings (SSSR count). The van der Waals surface area contributed by atoms with E-state index in [2.05, 4.69) is 59.4 Å². The molecule has 10 heteroatoms. The Balaban J connectivity index is 1.24. The van der Waals surface area contributed by atoms with E-state index in [9.17, 15) is 5.11 Å². The molecule has 1 saturated heterocycles. The molecule has 0 radical (unpaired) electrons. The first-order chi connectivity index (χ1) is 18.1. The molecule has 10 nitrogen and oxygen atoms in total. The van der Waals surface area contributed by atoms with Gasteiger partial charge in [-0.1, -0.05) is 6.07 Å². The molecule has 1 saturated carbocycles. The van der Waals surface area contributed by atoms with Crippen molar-refractivity contribution in [3.63, 3.8) is 0 Å². The molecule has 1 aromatic carbocycles. The Morgan fingerprint density at radius 1 is 1.03 bits per heavy atom. The number of H-pyrrole nitrogens is 2. The van der Waals surface area contributed by atoms with E-state index in [0.717, 1.165) is 89.3 Å². The Morgan fingerprint density at radius 3 is 2.73 bits per heavy atom. The normalized spacial score (nSPS) is 17.5. The molecule has 1 aliphatic carbocycles. The van der Waals surface area contributed by atoms with Crippen molar-refractivity contribution in [2.45, 2.75) is 19.1 Å². The van der Waals surface area contributed by atoms with E-state index in [1.165, 1.54) is 0 Å². The fraction of sp³-hybridized carbons (Fsp3) is 0.333. The van der Waals surface area contributed by atoms with Gasteiger partial charge < -0.3 is 25.2 Å². The summed E-state index contributed by atoms with van der Waals surface area (Å²) in [5, 5.41) is 22.2. The number of likely N-dealkylation sites (N-methyl/N-ethyl adjacent to an activating group) is 1. The molecule has 2 fully saturated rings. The number of fused-ring (bicyclic) bond motifs is 2. The first-order valence-corrected chi connectivity index (χ1v) is 12.8. The number of aliphatic hydroxyl groups is 1. The molecule has 5 aromatic rings. The summed E-state index contributed by atoms with van der Waals surface area (Å²) in [6.07, 6.45) is 7.03. The van der Waals surface area contributed by atoms with E-state index in [1.807, 2.05) is 30.6 Å². The maximum atomic E-state index is 10.3. The molecule has 0 bridgehead atoms. The molecule has 2 aliphatic rings. The van der Waals surface area contributed by atoms with Gasteiger partial charge in [-0.2, -0.15) is 5.10 Å². The van der Waals surface area contributed by atoms with Gasteiger partial charge in [0.25, 0.3) is 0 Å². The minimum atomic E-state index is -0.529. The first kappa shape index (κ1) is 22.2. The topological polar surface area (TPSA) is 122 Å². The molecule has 0 spiro atoms. The highest BCUT2D eigenvalue weighted by atomic mass is 16.3. The van der Waals surface area contributed by atoms with Crippen LogP contribution in [0.3, 0.4) is 0 Å². The van der Waals surface area contributed by atoms with Gasteiger partial charge in [-0.05, 0) is 49.7 Å². The molecular formula is C27H29N9O. The zero-order valence-electron chi connectivity index (χ0n) is 20.6. The number of aromatic nitrogens is 6. The van der Waals surface area contributed by atoms with Gasteiger partial charge in [0, 0.05) is 55.4 Å². The quantitative estimate of drug-likeness (QED) is 0.264. The summed E-state index contributed by atoms with van der Waals surface area (Å²) < 4.78 is 0. The van der Waals surface area contributed by atoms with Crippen molar-refractivity contribution < 1.29 is 5.11 Å². The number of hydrogen-bond donors (Lipinski definition) is 4. The first-order valence-electron chi connectivity index (χ1n) is 12.8. The van der Waals surface area contributed by atoms with E-state index >= 15 is 0 Å². The number of rotatable bonds is 6. The Kier molecular flexibility index (Phi) is 5.29. The SMILES string of the molecule is CN1CCN(c2nccc3[nH]c(-c4n[nH]c5ccc(-c6cncc(NC(O)C7CC7)c6)cc45)nc23)CC1. The lowest BCUT2D eigenvalue weighted by atomic mass is 10.0. The minimum absolute atomic E-state index is 0.337. The summed E-state index contributed by atoms with van der Waals surface area (Å²) in [5.74, 6) is 1.96. The second kappa shape index (κ2) is 8.82. The highest BCUT2D eigenvalue weighted by Crippen LogP contribution is 2.35. The predicted octanol–water partition coefficient (Wildman–Crippen LogP) is 3.46. The van der Waals surface area contributed by atoms with Gasteiger partial charge in [-0.15, -0.1) is 0 Å². The van der Waals surface area contributed by atoms with Gasteiger partial charge in [0.05, 0.1) is 22.9 Å². The molecule has 188 valence electrons. The third kappa shape index (κ3) is 4.17. The molecule has 1 aliphatic heterocycles. The lowest BCUT2D eigenvalue weighted by Gasteiger charge is -2.33. The Hall–Kier alpha value is -4.02. The van der Waals surface area contributed by atoms with E-state index in [4.69, 9.17) is 4.98 Å². The summed E-state index contributed by atoms with van der Waals surface area (Å²) in [4.78, 5) is 22.1.